The summed E-state index contributed by atoms with van der Waals surface area (Å²) in [5, 5.41) is 2.94. The number of hydrogen-bond donors (Lipinski definition) is 1. The second-order valence-corrected chi connectivity index (χ2v) is 6.49. The predicted octanol–water partition coefficient (Wildman–Crippen LogP) is 4.18. The van der Waals surface area contributed by atoms with Crippen LogP contribution >= 0.6 is 0 Å². The number of nitrogens with one attached hydrogen (secondary N) is 1. The van der Waals surface area contributed by atoms with Crippen LogP contribution in [0.1, 0.15) is 5.56 Å². The Balaban J connectivity index is 1.52. The first-order valence-electron chi connectivity index (χ1n) is 9.09. The zero-order valence-corrected chi connectivity index (χ0v) is 15.6. The number of nitrogens with zero attached hydrogens (tertiary/aromatic N) is 2. The number of aromatic nitrogens is 1. The molecule has 3 aromatic rings. The molecule has 0 spiro atoms. The van der Waals surface area contributed by atoms with Gasteiger partial charge in [0.25, 0.3) is 0 Å². The molecule has 0 unspecified atom stereocenters. The highest BCUT2D eigenvalue weighted by Gasteiger charge is 2.20. The lowest BCUT2D eigenvalue weighted by Gasteiger charge is -2.20. The number of carbonyl (C=O) groups excluding carboxylic acids is 1. The highest BCUT2D eigenvalue weighted by Crippen LogP contribution is 2.29. The van der Waals surface area contributed by atoms with Gasteiger partial charge < -0.3 is 19.7 Å². The molecule has 0 aliphatic carbocycles. The summed E-state index contributed by atoms with van der Waals surface area (Å²) >= 11 is 0. The number of methoxy groups -OCH3 is 1. The number of fused-ring (bicyclic) bond motifs is 1. The van der Waals surface area contributed by atoms with Crippen LogP contribution in [-0.2, 0) is 6.54 Å². The summed E-state index contributed by atoms with van der Waals surface area (Å²) in [4.78, 5) is 18.6. The van der Waals surface area contributed by atoms with E-state index in [0.29, 0.717) is 19.7 Å². The zero-order chi connectivity index (χ0) is 19.3. The smallest absolute Gasteiger partial charge is 0.322 e. The zero-order valence-electron chi connectivity index (χ0n) is 15.6. The molecule has 6 nitrogen and oxygen atoms in total. The Morgan fingerprint density at radius 1 is 1.07 bits per heavy atom. The van der Waals surface area contributed by atoms with Crippen LogP contribution in [0, 0.1) is 0 Å². The first-order chi connectivity index (χ1) is 13.7. The molecule has 2 heterocycles. The maximum atomic E-state index is 12.8. The van der Waals surface area contributed by atoms with E-state index in [9.17, 15) is 4.79 Å². The minimum atomic E-state index is -0.157. The van der Waals surface area contributed by atoms with Gasteiger partial charge in [-0.3, -0.25) is 4.98 Å². The summed E-state index contributed by atoms with van der Waals surface area (Å²) < 4.78 is 11.0. The van der Waals surface area contributed by atoms with Gasteiger partial charge in [0, 0.05) is 23.6 Å². The molecule has 0 radical (unpaired) electrons. The first-order valence-corrected chi connectivity index (χ1v) is 9.09. The van der Waals surface area contributed by atoms with E-state index >= 15 is 0 Å². The summed E-state index contributed by atoms with van der Waals surface area (Å²) in [6, 6.07) is 17.1. The van der Waals surface area contributed by atoms with Crippen molar-refractivity contribution in [2.24, 2.45) is 0 Å². The summed E-state index contributed by atoms with van der Waals surface area (Å²) in [5.41, 5.74) is 3.86. The number of rotatable bonds is 3. The van der Waals surface area contributed by atoms with Gasteiger partial charge in [-0.1, -0.05) is 6.07 Å². The number of hydrogen-bond acceptors (Lipinski definition) is 4. The van der Waals surface area contributed by atoms with Crippen LogP contribution < -0.4 is 14.8 Å². The van der Waals surface area contributed by atoms with Crippen molar-refractivity contribution in [3.05, 3.63) is 72.6 Å². The molecule has 6 heteroatoms. The second-order valence-electron chi connectivity index (χ2n) is 6.49. The number of carbonyl (C=O) groups is 1. The van der Waals surface area contributed by atoms with Crippen LogP contribution in [-0.4, -0.2) is 36.2 Å². The fraction of sp³-hybridized carbons (Fsp3) is 0.182. The summed E-state index contributed by atoms with van der Waals surface area (Å²) in [6.45, 7) is 1.45. The highest BCUT2D eigenvalue weighted by atomic mass is 16.5. The average molecular weight is 375 g/mol. The molecule has 0 fully saturated rings. The van der Waals surface area contributed by atoms with Crippen LogP contribution in [0.3, 0.4) is 0 Å². The molecule has 2 aromatic carbocycles. The van der Waals surface area contributed by atoms with Gasteiger partial charge in [-0.2, -0.15) is 0 Å². The predicted molar refractivity (Wildman–Crippen MR) is 108 cm³/mol. The fourth-order valence-electron chi connectivity index (χ4n) is 3.17. The van der Waals surface area contributed by atoms with Crippen LogP contribution in [0.25, 0.3) is 11.1 Å². The third kappa shape index (κ3) is 3.91. The molecule has 0 bridgehead atoms. The Morgan fingerprint density at radius 3 is 2.61 bits per heavy atom. The molecule has 0 atom stereocenters. The topological polar surface area (TPSA) is 63.7 Å². The largest absolute Gasteiger partial charge is 0.497 e. The molecule has 1 aliphatic rings. The van der Waals surface area contributed by atoms with E-state index < -0.39 is 0 Å². The lowest BCUT2D eigenvalue weighted by atomic mass is 10.0. The van der Waals surface area contributed by atoms with Gasteiger partial charge in [0.1, 0.15) is 18.1 Å². The molecule has 4 rings (SSSR count). The summed E-state index contributed by atoms with van der Waals surface area (Å²) in [6.07, 6.45) is 3.54. The number of pyridine rings is 1. The normalized spacial score (nSPS) is 13.1. The van der Waals surface area contributed by atoms with Crippen molar-refractivity contribution in [2.45, 2.75) is 6.54 Å². The standard InChI is InChI=1S/C22H21N3O3/c1-27-20-5-3-19(4-6-20)24-22(26)25-12-13-28-21-7-2-17(14-18(21)15-25)16-8-10-23-11-9-16/h2-11,14H,12-13,15H2,1H3,(H,24,26). The van der Waals surface area contributed by atoms with Gasteiger partial charge in [-0.05, 0) is 59.7 Å². The van der Waals surface area contributed by atoms with Crippen molar-refractivity contribution in [1.29, 1.82) is 0 Å². The van der Waals surface area contributed by atoms with Crippen molar-refractivity contribution in [2.75, 3.05) is 25.6 Å². The first kappa shape index (κ1) is 17.9. The van der Waals surface area contributed by atoms with E-state index in [2.05, 4.69) is 16.4 Å². The molecule has 2 amide bonds. The Labute approximate surface area is 163 Å². The van der Waals surface area contributed by atoms with Crippen molar-refractivity contribution in [3.8, 4) is 22.6 Å². The molecule has 1 N–H and O–H groups in total. The third-order valence-electron chi connectivity index (χ3n) is 4.68. The van der Waals surface area contributed by atoms with E-state index in [1.54, 1.807) is 24.4 Å². The molecule has 28 heavy (non-hydrogen) atoms. The monoisotopic (exact) mass is 375 g/mol. The van der Waals surface area contributed by atoms with Gasteiger partial charge in [0.2, 0.25) is 0 Å². The van der Waals surface area contributed by atoms with E-state index in [4.69, 9.17) is 9.47 Å². The van der Waals surface area contributed by atoms with Crippen molar-refractivity contribution < 1.29 is 14.3 Å². The second kappa shape index (κ2) is 8.00. The van der Waals surface area contributed by atoms with Crippen LogP contribution in [0.2, 0.25) is 0 Å². The van der Waals surface area contributed by atoms with Gasteiger partial charge >= 0.3 is 6.03 Å². The van der Waals surface area contributed by atoms with E-state index in [0.717, 1.165) is 33.9 Å². The maximum absolute atomic E-state index is 12.8. The average Bonchev–Trinajstić information content (AvgIpc) is 2.97. The third-order valence-corrected chi connectivity index (χ3v) is 4.68. The number of benzene rings is 2. The Bertz CT molecular complexity index is 959. The van der Waals surface area contributed by atoms with Crippen LogP contribution in [0.4, 0.5) is 10.5 Å². The molecule has 142 valence electrons. The quantitative estimate of drug-likeness (QED) is 0.746. The Morgan fingerprint density at radius 2 is 1.86 bits per heavy atom. The fourth-order valence-corrected chi connectivity index (χ4v) is 3.17. The Hall–Kier alpha value is -3.54. The van der Waals surface area contributed by atoms with Gasteiger partial charge in [-0.25, -0.2) is 4.79 Å². The van der Waals surface area contributed by atoms with E-state index in [1.165, 1.54) is 0 Å². The maximum Gasteiger partial charge on any atom is 0.322 e. The van der Waals surface area contributed by atoms with Crippen LogP contribution in [0.5, 0.6) is 11.5 Å². The summed E-state index contributed by atoms with van der Waals surface area (Å²) in [5.74, 6) is 1.57. The van der Waals surface area contributed by atoms with Gasteiger partial charge in [0.15, 0.2) is 0 Å². The number of amides is 2. The van der Waals surface area contributed by atoms with E-state index in [-0.39, 0.29) is 6.03 Å². The molecule has 1 aromatic heterocycles. The van der Waals surface area contributed by atoms with E-state index in [1.807, 2.05) is 48.5 Å². The lowest BCUT2D eigenvalue weighted by Crippen LogP contribution is -2.36. The van der Waals surface area contributed by atoms with Crippen LogP contribution in [0.15, 0.2) is 67.0 Å². The molecule has 1 aliphatic heterocycles. The lowest BCUT2D eigenvalue weighted by molar-refractivity contribution is 0.200. The number of anilines is 1. The van der Waals surface area contributed by atoms with Crippen molar-refractivity contribution in [3.63, 3.8) is 0 Å². The molecule has 0 saturated carbocycles. The number of urea groups is 1. The highest BCUT2D eigenvalue weighted by molar-refractivity contribution is 5.89. The molecule has 0 saturated heterocycles. The number of ether oxygens (including phenoxy) is 2. The van der Waals surface area contributed by atoms with Crippen molar-refractivity contribution in [1.82, 2.24) is 9.88 Å². The minimum absolute atomic E-state index is 0.157. The SMILES string of the molecule is COc1ccc(NC(=O)N2CCOc3ccc(-c4ccncc4)cc3C2)cc1. The molecular formula is C22H21N3O3. The minimum Gasteiger partial charge on any atom is -0.497 e. The van der Waals surface area contributed by atoms with Gasteiger partial charge in [-0.15, -0.1) is 0 Å². The Kier molecular flexibility index (Phi) is 5.10. The molecular weight excluding hydrogens is 354 g/mol. The van der Waals surface area contributed by atoms with Crippen molar-refractivity contribution >= 4 is 11.7 Å². The van der Waals surface area contributed by atoms with Gasteiger partial charge in [0.05, 0.1) is 20.2 Å². The summed E-state index contributed by atoms with van der Waals surface area (Å²) in [7, 11) is 1.61.